The van der Waals surface area contributed by atoms with Crippen molar-refractivity contribution < 1.29 is 13.2 Å². The molecular weight excluding hydrogens is 376 g/mol. The molecule has 0 aliphatic rings. The molecule has 2 aromatic heterocycles. The molecular formula is C17H16N2O3S3. The molecule has 8 heteroatoms. The third-order valence-corrected chi connectivity index (χ3v) is 8.14. The highest BCUT2D eigenvalue weighted by Crippen LogP contribution is 2.33. The standard InChI is InChI=1S/C17H16N2O3S3/c20-17(19-13-6-2-1-3-7-13)18-12-15(14-8-4-10-23-14)25(21,22)16-9-5-11-24-16/h1-11,15H,12H2,(H2,18,19,20). The zero-order valence-electron chi connectivity index (χ0n) is 13.1. The van der Waals surface area contributed by atoms with Gasteiger partial charge in [0.1, 0.15) is 9.46 Å². The van der Waals surface area contributed by atoms with E-state index in [1.807, 2.05) is 23.6 Å². The zero-order chi connectivity index (χ0) is 17.7. The number of nitrogens with one attached hydrogen (secondary N) is 2. The van der Waals surface area contributed by atoms with Crippen LogP contribution in [0.15, 0.2) is 69.6 Å². The molecule has 0 saturated heterocycles. The van der Waals surface area contributed by atoms with Gasteiger partial charge in [0.25, 0.3) is 0 Å². The quantitative estimate of drug-likeness (QED) is 0.662. The highest BCUT2D eigenvalue weighted by molar-refractivity contribution is 7.93. The second-order valence-corrected chi connectivity index (χ2v) is 9.47. The number of urea groups is 1. The summed E-state index contributed by atoms with van der Waals surface area (Å²) in [6, 6.07) is 15.4. The van der Waals surface area contributed by atoms with Gasteiger partial charge in [0.15, 0.2) is 9.84 Å². The maximum Gasteiger partial charge on any atom is 0.319 e. The maximum atomic E-state index is 12.9. The summed E-state index contributed by atoms with van der Waals surface area (Å²) in [5.74, 6) is 0. The molecule has 0 aliphatic carbocycles. The van der Waals surface area contributed by atoms with Crippen LogP contribution in [-0.2, 0) is 9.84 Å². The Morgan fingerprint density at radius 1 is 0.960 bits per heavy atom. The molecule has 1 aromatic carbocycles. The minimum Gasteiger partial charge on any atom is -0.336 e. The molecule has 1 atom stereocenters. The van der Waals surface area contributed by atoms with Gasteiger partial charge in [0.2, 0.25) is 0 Å². The van der Waals surface area contributed by atoms with E-state index < -0.39 is 21.1 Å². The topological polar surface area (TPSA) is 75.3 Å². The first kappa shape index (κ1) is 17.7. The van der Waals surface area contributed by atoms with Crippen molar-refractivity contribution in [3.8, 4) is 0 Å². The van der Waals surface area contributed by atoms with Crippen molar-refractivity contribution in [2.45, 2.75) is 9.46 Å². The van der Waals surface area contributed by atoms with E-state index in [0.29, 0.717) is 14.8 Å². The molecule has 0 spiro atoms. The number of carbonyl (C=O) groups excluding carboxylic acids is 1. The van der Waals surface area contributed by atoms with Crippen molar-refractivity contribution in [2.75, 3.05) is 11.9 Å². The number of rotatable bonds is 6. The molecule has 0 bridgehead atoms. The van der Waals surface area contributed by atoms with Crippen LogP contribution in [0.25, 0.3) is 0 Å². The molecule has 130 valence electrons. The van der Waals surface area contributed by atoms with Gasteiger partial charge < -0.3 is 10.6 Å². The van der Waals surface area contributed by atoms with Crippen LogP contribution in [-0.4, -0.2) is 21.0 Å². The van der Waals surface area contributed by atoms with Gasteiger partial charge in [-0.2, -0.15) is 0 Å². The smallest absolute Gasteiger partial charge is 0.319 e. The highest BCUT2D eigenvalue weighted by atomic mass is 32.2. The SMILES string of the molecule is O=C(NCC(c1cccs1)S(=O)(=O)c1cccs1)Nc1ccccc1. The average Bonchev–Trinajstić information content (AvgIpc) is 3.30. The summed E-state index contributed by atoms with van der Waals surface area (Å²) in [5.41, 5.74) is 0.647. The largest absolute Gasteiger partial charge is 0.336 e. The maximum absolute atomic E-state index is 12.9. The number of thiophene rings is 2. The van der Waals surface area contributed by atoms with Crippen molar-refractivity contribution in [1.29, 1.82) is 0 Å². The molecule has 3 rings (SSSR count). The molecule has 1 unspecified atom stereocenters. The average molecular weight is 393 g/mol. The first-order valence-electron chi connectivity index (χ1n) is 7.48. The van der Waals surface area contributed by atoms with Gasteiger partial charge in [-0.1, -0.05) is 30.3 Å². The Hall–Kier alpha value is -2.16. The van der Waals surface area contributed by atoms with Crippen LogP contribution in [0.5, 0.6) is 0 Å². The van der Waals surface area contributed by atoms with Crippen LogP contribution < -0.4 is 10.6 Å². The minimum atomic E-state index is -3.56. The fourth-order valence-corrected chi connectivity index (χ4v) is 6.27. The first-order chi connectivity index (χ1) is 12.1. The summed E-state index contributed by atoms with van der Waals surface area (Å²) in [7, 11) is -3.56. The van der Waals surface area contributed by atoms with E-state index in [9.17, 15) is 13.2 Å². The van der Waals surface area contributed by atoms with Gasteiger partial charge in [-0.15, -0.1) is 22.7 Å². The second kappa shape index (κ2) is 7.81. The Balaban J connectivity index is 1.74. The lowest BCUT2D eigenvalue weighted by atomic mass is 10.3. The van der Waals surface area contributed by atoms with Crippen molar-refractivity contribution in [3.63, 3.8) is 0 Å². The molecule has 0 saturated carbocycles. The number of benzene rings is 1. The van der Waals surface area contributed by atoms with Gasteiger partial charge in [0.05, 0.1) is 0 Å². The molecule has 2 amide bonds. The van der Waals surface area contributed by atoms with Gasteiger partial charge in [-0.25, -0.2) is 13.2 Å². The van der Waals surface area contributed by atoms with Crippen LogP contribution in [0.4, 0.5) is 10.5 Å². The van der Waals surface area contributed by atoms with Gasteiger partial charge in [-0.05, 0) is 35.0 Å². The lowest BCUT2D eigenvalue weighted by Gasteiger charge is -2.16. The number of sulfone groups is 1. The predicted molar refractivity (Wildman–Crippen MR) is 102 cm³/mol. The number of carbonyl (C=O) groups is 1. The molecule has 25 heavy (non-hydrogen) atoms. The van der Waals surface area contributed by atoms with E-state index in [2.05, 4.69) is 10.6 Å². The van der Waals surface area contributed by atoms with E-state index in [0.717, 1.165) is 0 Å². The first-order valence-corrected chi connectivity index (χ1v) is 10.8. The van der Waals surface area contributed by atoms with Crippen LogP contribution in [0, 0.1) is 0 Å². The van der Waals surface area contributed by atoms with E-state index in [1.165, 1.54) is 22.7 Å². The van der Waals surface area contributed by atoms with Crippen molar-refractivity contribution in [2.24, 2.45) is 0 Å². The Morgan fingerprint density at radius 3 is 2.32 bits per heavy atom. The van der Waals surface area contributed by atoms with Crippen molar-refractivity contribution in [3.05, 3.63) is 70.2 Å². The lowest BCUT2D eigenvalue weighted by molar-refractivity contribution is 0.252. The number of hydrogen-bond acceptors (Lipinski definition) is 5. The highest BCUT2D eigenvalue weighted by Gasteiger charge is 2.31. The molecule has 3 aromatic rings. The fraction of sp³-hybridized carbons (Fsp3) is 0.118. The fourth-order valence-electron chi connectivity index (χ4n) is 2.29. The summed E-state index contributed by atoms with van der Waals surface area (Å²) in [6.45, 7) is -0.000582. The summed E-state index contributed by atoms with van der Waals surface area (Å²) < 4.78 is 26.1. The normalized spacial score (nSPS) is 12.5. The third kappa shape index (κ3) is 4.28. The van der Waals surface area contributed by atoms with E-state index in [4.69, 9.17) is 0 Å². The Morgan fingerprint density at radius 2 is 1.68 bits per heavy atom. The third-order valence-electron chi connectivity index (χ3n) is 3.49. The van der Waals surface area contributed by atoms with Crippen molar-refractivity contribution >= 4 is 44.2 Å². The molecule has 0 aliphatic heterocycles. The second-order valence-electron chi connectivity index (χ2n) is 5.18. The molecule has 0 radical (unpaired) electrons. The number of hydrogen-bond donors (Lipinski definition) is 2. The van der Waals surface area contributed by atoms with Crippen LogP contribution >= 0.6 is 22.7 Å². The molecule has 0 fully saturated rings. The summed E-state index contributed by atoms with van der Waals surface area (Å²) >= 11 is 2.55. The van der Waals surface area contributed by atoms with Gasteiger partial charge >= 0.3 is 6.03 Å². The van der Waals surface area contributed by atoms with E-state index in [1.54, 1.807) is 41.8 Å². The number of para-hydroxylation sites is 1. The Kier molecular flexibility index (Phi) is 5.52. The summed E-state index contributed by atoms with van der Waals surface area (Å²) in [4.78, 5) is 12.8. The van der Waals surface area contributed by atoms with Crippen LogP contribution in [0.3, 0.4) is 0 Å². The van der Waals surface area contributed by atoms with Crippen LogP contribution in [0.1, 0.15) is 10.1 Å². The van der Waals surface area contributed by atoms with E-state index in [-0.39, 0.29) is 6.54 Å². The molecule has 2 heterocycles. The Bertz CT molecular complexity index is 905. The Labute approximate surface area is 154 Å². The summed E-state index contributed by atoms with van der Waals surface area (Å²) in [5, 5.41) is 8.11. The van der Waals surface area contributed by atoms with Gasteiger partial charge in [-0.3, -0.25) is 0 Å². The zero-order valence-corrected chi connectivity index (χ0v) is 15.5. The van der Waals surface area contributed by atoms with E-state index >= 15 is 0 Å². The monoisotopic (exact) mass is 392 g/mol. The number of amides is 2. The van der Waals surface area contributed by atoms with Crippen molar-refractivity contribution in [1.82, 2.24) is 5.32 Å². The lowest BCUT2D eigenvalue weighted by Crippen LogP contribution is -2.34. The minimum absolute atomic E-state index is 0.000582. The van der Waals surface area contributed by atoms with Crippen LogP contribution in [0.2, 0.25) is 0 Å². The predicted octanol–water partition coefficient (Wildman–Crippen LogP) is 4.15. The number of anilines is 1. The summed E-state index contributed by atoms with van der Waals surface area (Å²) in [6.07, 6.45) is 0. The molecule has 5 nitrogen and oxygen atoms in total. The van der Waals surface area contributed by atoms with Gasteiger partial charge in [0, 0.05) is 17.1 Å². The molecule has 2 N–H and O–H groups in total.